The fourth-order valence-corrected chi connectivity index (χ4v) is 2.70. The minimum atomic E-state index is -4.01. The van der Waals surface area contributed by atoms with Gasteiger partial charge in [-0.2, -0.15) is 4.72 Å². The van der Waals surface area contributed by atoms with Crippen LogP contribution in [0.4, 0.5) is 5.13 Å². The third kappa shape index (κ3) is 4.05. The van der Waals surface area contributed by atoms with Crippen LogP contribution >= 0.6 is 11.3 Å². The Morgan fingerprint density at radius 3 is 2.59 bits per heavy atom. The Morgan fingerprint density at radius 1 is 1.41 bits per heavy atom. The van der Waals surface area contributed by atoms with Gasteiger partial charge in [0, 0.05) is 6.92 Å². The zero-order valence-corrected chi connectivity index (χ0v) is 10.1. The van der Waals surface area contributed by atoms with Crippen LogP contribution in [0.15, 0.2) is 4.34 Å². The van der Waals surface area contributed by atoms with Crippen LogP contribution in [-0.2, 0) is 19.6 Å². The predicted octanol–water partition coefficient (Wildman–Crippen LogP) is -1.14. The minimum absolute atomic E-state index is 0.0215. The molecule has 9 nitrogen and oxygen atoms in total. The number of nitrogens with zero attached hydrogens (tertiary/aromatic N) is 2. The highest BCUT2D eigenvalue weighted by Gasteiger charge is 2.21. The molecule has 0 spiro atoms. The maximum absolute atomic E-state index is 11.5. The fraction of sp³-hybridized carbons (Fsp3) is 0.333. The van der Waals surface area contributed by atoms with Crippen LogP contribution < -0.4 is 10.0 Å². The molecule has 3 N–H and O–H groups in total. The molecule has 0 aliphatic carbocycles. The van der Waals surface area contributed by atoms with Gasteiger partial charge >= 0.3 is 5.97 Å². The first kappa shape index (κ1) is 13.5. The largest absolute Gasteiger partial charge is 0.480 e. The number of carbonyl (C=O) groups is 2. The van der Waals surface area contributed by atoms with Crippen molar-refractivity contribution >= 4 is 38.4 Å². The van der Waals surface area contributed by atoms with Gasteiger partial charge in [-0.1, -0.05) is 11.3 Å². The van der Waals surface area contributed by atoms with E-state index in [-0.39, 0.29) is 5.13 Å². The van der Waals surface area contributed by atoms with Crippen molar-refractivity contribution in [1.29, 1.82) is 0 Å². The quantitative estimate of drug-likeness (QED) is 0.579. The molecular weight excluding hydrogens is 272 g/mol. The average molecular weight is 280 g/mol. The van der Waals surface area contributed by atoms with Gasteiger partial charge in [-0.15, -0.1) is 10.2 Å². The lowest BCUT2D eigenvalue weighted by Crippen LogP contribution is -2.29. The van der Waals surface area contributed by atoms with E-state index in [1.165, 1.54) is 6.92 Å². The molecule has 11 heteroatoms. The summed E-state index contributed by atoms with van der Waals surface area (Å²) < 4.78 is 24.3. The van der Waals surface area contributed by atoms with Gasteiger partial charge < -0.3 is 10.4 Å². The Hall–Kier alpha value is -1.59. The molecule has 0 atom stereocenters. The van der Waals surface area contributed by atoms with Gasteiger partial charge in [0.2, 0.25) is 15.4 Å². The Kier molecular flexibility index (Phi) is 4.09. The van der Waals surface area contributed by atoms with Crippen molar-refractivity contribution in [3.05, 3.63) is 0 Å². The Balaban J connectivity index is 2.81. The lowest BCUT2D eigenvalue weighted by atomic mass is 10.7. The van der Waals surface area contributed by atoms with Crippen molar-refractivity contribution in [2.24, 2.45) is 0 Å². The first-order valence-electron chi connectivity index (χ1n) is 4.14. The zero-order chi connectivity index (χ0) is 13.1. The van der Waals surface area contributed by atoms with E-state index in [1.54, 1.807) is 0 Å². The average Bonchev–Trinajstić information content (AvgIpc) is 2.63. The van der Waals surface area contributed by atoms with Gasteiger partial charge in [0.1, 0.15) is 6.54 Å². The summed E-state index contributed by atoms with van der Waals surface area (Å²) in [6, 6.07) is 0. The molecule has 0 bridgehead atoms. The molecule has 1 rings (SSSR count). The number of sulfonamides is 1. The number of hydrogen-bond donors (Lipinski definition) is 3. The number of nitrogens with one attached hydrogen (secondary N) is 2. The highest BCUT2D eigenvalue weighted by atomic mass is 32.2. The summed E-state index contributed by atoms with van der Waals surface area (Å²) in [7, 11) is -4.01. The summed E-state index contributed by atoms with van der Waals surface area (Å²) in [5, 5.41) is 17.4. The van der Waals surface area contributed by atoms with E-state index in [1.807, 2.05) is 4.72 Å². The van der Waals surface area contributed by atoms with Crippen molar-refractivity contribution in [3.8, 4) is 0 Å². The van der Waals surface area contributed by atoms with Gasteiger partial charge in [0.05, 0.1) is 0 Å². The van der Waals surface area contributed by atoms with Gasteiger partial charge in [0.25, 0.3) is 10.0 Å². The predicted molar refractivity (Wildman–Crippen MR) is 57.0 cm³/mol. The van der Waals surface area contributed by atoms with Gasteiger partial charge in [-0.3, -0.25) is 9.59 Å². The molecule has 0 aliphatic heterocycles. The first-order chi connectivity index (χ1) is 7.81. The standard InChI is InChI=1S/C6H8N4O5S2/c1-3(11)8-5-9-10-6(16-5)17(14,15)7-2-4(12)13/h7H,2H2,1H3,(H,12,13)(H,8,9,11). The molecule has 0 saturated carbocycles. The number of carbonyl (C=O) groups excluding carboxylic acids is 1. The number of carboxylic acid groups (broad SMARTS) is 1. The number of carboxylic acids is 1. The van der Waals surface area contributed by atoms with E-state index in [0.717, 1.165) is 0 Å². The molecule has 1 amide bonds. The van der Waals surface area contributed by atoms with Crippen LogP contribution in [0.5, 0.6) is 0 Å². The summed E-state index contributed by atoms with van der Waals surface area (Å²) >= 11 is 0.622. The van der Waals surface area contributed by atoms with Crippen LogP contribution in [0.25, 0.3) is 0 Å². The van der Waals surface area contributed by atoms with Crippen molar-refractivity contribution in [3.63, 3.8) is 0 Å². The third-order valence-electron chi connectivity index (χ3n) is 1.33. The van der Waals surface area contributed by atoms with Gasteiger partial charge in [-0.25, -0.2) is 8.42 Å². The second-order valence-corrected chi connectivity index (χ2v) is 5.69. The highest BCUT2D eigenvalue weighted by Crippen LogP contribution is 2.19. The Bertz CT molecular complexity index is 536. The van der Waals surface area contributed by atoms with E-state index in [4.69, 9.17) is 5.11 Å². The normalized spacial score (nSPS) is 11.1. The second kappa shape index (κ2) is 5.16. The number of hydrogen-bond acceptors (Lipinski definition) is 7. The molecule has 0 aromatic carbocycles. The molecule has 0 radical (unpaired) electrons. The molecule has 0 aliphatic rings. The van der Waals surface area contributed by atoms with Crippen LogP contribution in [0.1, 0.15) is 6.92 Å². The number of aromatic nitrogens is 2. The molecule has 1 aromatic rings. The van der Waals surface area contributed by atoms with E-state index in [2.05, 4.69) is 15.5 Å². The molecule has 1 aromatic heterocycles. The lowest BCUT2D eigenvalue weighted by Gasteiger charge is -1.98. The van der Waals surface area contributed by atoms with E-state index < -0.39 is 32.8 Å². The second-order valence-electron chi connectivity index (χ2n) is 2.77. The summed E-state index contributed by atoms with van der Waals surface area (Å²) in [6.07, 6.45) is 0. The molecule has 0 fully saturated rings. The molecule has 1 heterocycles. The van der Waals surface area contributed by atoms with Crippen LogP contribution in [0.3, 0.4) is 0 Å². The molecule has 17 heavy (non-hydrogen) atoms. The number of amides is 1. The summed E-state index contributed by atoms with van der Waals surface area (Å²) in [6.45, 7) is 0.482. The maximum Gasteiger partial charge on any atom is 0.318 e. The topological polar surface area (TPSA) is 138 Å². The molecule has 0 unspecified atom stereocenters. The van der Waals surface area contributed by atoms with Crippen molar-refractivity contribution in [1.82, 2.24) is 14.9 Å². The van der Waals surface area contributed by atoms with Gasteiger partial charge in [-0.05, 0) is 0 Å². The molecule has 94 valence electrons. The van der Waals surface area contributed by atoms with E-state index in [9.17, 15) is 18.0 Å². The Morgan fingerprint density at radius 2 is 2.06 bits per heavy atom. The van der Waals surface area contributed by atoms with Crippen LogP contribution in [0, 0.1) is 0 Å². The van der Waals surface area contributed by atoms with E-state index >= 15 is 0 Å². The van der Waals surface area contributed by atoms with E-state index in [0.29, 0.717) is 11.3 Å². The number of rotatable bonds is 5. The number of anilines is 1. The Labute approximate surface area is 99.9 Å². The third-order valence-corrected chi connectivity index (χ3v) is 3.94. The zero-order valence-electron chi connectivity index (χ0n) is 8.50. The SMILES string of the molecule is CC(=O)Nc1nnc(S(=O)(=O)NCC(=O)O)s1. The smallest absolute Gasteiger partial charge is 0.318 e. The molecule has 0 saturated heterocycles. The summed E-state index contributed by atoms with van der Waals surface area (Å²) in [5.41, 5.74) is 0. The van der Waals surface area contributed by atoms with Crippen molar-refractivity contribution in [2.45, 2.75) is 11.3 Å². The van der Waals surface area contributed by atoms with Crippen molar-refractivity contribution < 1.29 is 23.1 Å². The highest BCUT2D eigenvalue weighted by molar-refractivity contribution is 7.91. The maximum atomic E-state index is 11.5. The number of aliphatic carboxylic acids is 1. The van der Waals surface area contributed by atoms with Crippen LogP contribution in [-0.4, -0.2) is 42.1 Å². The minimum Gasteiger partial charge on any atom is -0.480 e. The van der Waals surface area contributed by atoms with Crippen LogP contribution in [0.2, 0.25) is 0 Å². The van der Waals surface area contributed by atoms with Gasteiger partial charge in [0.15, 0.2) is 0 Å². The lowest BCUT2D eigenvalue weighted by molar-refractivity contribution is -0.135. The molecular formula is C6H8N4O5S2. The fourth-order valence-electron chi connectivity index (χ4n) is 0.738. The summed E-state index contributed by atoms with van der Waals surface area (Å²) in [4.78, 5) is 20.9. The summed E-state index contributed by atoms with van der Waals surface area (Å²) in [5.74, 6) is -1.73. The monoisotopic (exact) mass is 280 g/mol. The van der Waals surface area contributed by atoms with Crippen molar-refractivity contribution in [2.75, 3.05) is 11.9 Å². The first-order valence-corrected chi connectivity index (χ1v) is 6.44.